The topological polar surface area (TPSA) is 83.9 Å². The molecule has 1 fully saturated rings. The Balaban J connectivity index is 1.78. The summed E-state index contributed by atoms with van der Waals surface area (Å²) in [6.07, 6.45) is -4.73. The summed E-state index contributed by atoms with van der Waals surface area (Å²) in [6.45, 7) is 3.79. The normalized spacial score (nSPS) is 23.1. The van der Waals surface area contributed by atoms with Crippen LogP contribution in [0.1, 0.15) is 43.9 Å². The van der Waals surface area contributed by atoms with Crippen LogP contribution in [0.3, 0.4) is 0 Å². The van der Waals surface area contributed by atoms with Crippen molar-refractivity contribution >= 4 is 15.7 Å². The molecule has 0 bridgehead atoms. The van der Waals surface area contributed by atoms with Gasteiger partial charge in [-0.2, -0.15) is 13.2 Å². The lowest BCUT2D eigenvalue weighted by molar-refractivity contribution is -0.140. The highest BCUT2D eigenvalue weighted by atomic mass is 32.2. The van der Waals surface area contributed by atoms with Crippen molar-refractivity contribution in [1.82, 2.24) is 4.90 Å². The third kappa shape index (κ3) is 3.75. The SMILES string of the molecule is CC1(C)Oc2ccc(S(=O)(=O)c3ccc(C(F)(F)F)cc3)cc2[C@H](N2CCCC2=O)[C@H]1O. The van der Waals surface area contributed by atoms with Crippen LogP contribution < -0.4 is 4.74 Å². The van der Waals surface area contributed by atoms with Gasteiger partial charge in [-0.05, 0) is 62.7 Å². The van der Waals surface area contributed by atoms with E-state index >= 15 is 0 Å². The summed E-state index contributed by atoms with van der Waals surface area (Å²) in [7, 11) is -4.15. The van der Waals surface area contributed by atoms with E-state index in [-0.39, 0.29) is 15.7 Å². The minimum absolute atomic E-state index is 0.145. The zero-order valence-corrected chi connectivity index (χ0v) is 18.2. The second kappa shape index (κ2) is 7.48. The number of carbonyl (C=O) groups is 1. The number of hydrogen-bond acceptors (Lipinski definition) is 5. The molecular weight excluding hydrogens is 447 g/mol. The number of aliphatic hydroxyl groups is 1. The van der Waals surface area contributed by atoms with Gasteiger partial charge >= 0.3 is 6.18 Å². The molecule has 2 aliphatic heterocycles. The molecule has 0 spiro atoms. The van der Waals surface area contributed by atoms with Gasteiger partial charge in [0.15, 0.2) is 0 Å². The zero-order valence-electron chi connectivity index (χ0n) is 17.4. The zero-order chi connectivity index (χ0) is 23.5. The van der Waals surface area contributed by atoms with Gasteiger partial charge in [-0.15, -0.1) is 0 Å². The summed E-state index contributed by atoms with van der Waals surface area (Å²) in [4.78, 5) is 13.5. The molecule has 2 aromatic rings. The van der Waals surface area contributed by atoms with Crippen LogP contribution in [0.4, 0.5) is 13.2 Å². The number of likely N-dealkylation sites (tertiary alicyclic amines) is 1. The van der Waals surface area contributed by atoms with E-state index in [1.165, 1.54) is 23.1 Å². The molecule has 172 valence electrons. The van der Waals surface area contributed by atoms with Gasteiger partial charge in [-0.1, -0.05) is 0 Å². The molecule has 1 saturated heterocycles. The molecule has 1 N–H and O–H groups in total. The average Bonchev–Trinajstić information content (AvgIpc) is 3.13. The summed E-state index contributed by atoms with van der Waals surface area (Å²) >= 11 is 0. The van der Waals surface area contributed by atoms with E-state index in [2.05, 4.69) is 0 Å². The number of benzene rings is 2. The first-order valence-electron chi connectivity index (χ1n) is 10.1. The molecule has 2 aromatic carbocycles. The van der Waals surface area contributed by atoms with Crippen LogP contribution in [0.2, 0.25) is 0 Å². The minimum Gasteiger partial charge on any atom is -0.485 e. The highest BCUT2D eigenvalue weighted by molar-refractivity contribution is 7.91. The van der Waals surface area contributed by atoms with Gasteiger partial charge in [-0.25, -0.2) is 8.42 Å². The van der Waals surface area contributed by atoms with Crippen molar-refractivity contribution in [2.45, 2.75) is 60.4 Å². The number of carbonyl (C=O) groups excluding carboxylic acids is 1. The summed E-state index contributed by atoms with van der Waals surface area (Å²) in [5.41, 5.74) is -1.62. The van der Waals surface area contributed by atoms with Gasteiger partial charge in [-0.3, -0.25) is 4.79 Å². The summed E-state index contributed by atoms with van der Waals surface area (Å²) in [5.74, 6) is 0.199. The van der Waals surface area contributed by atoms with Crippen LogP contribution in [-0.2, 0) is 20.8 Å². The van der Waals surface area contributed by atoms with Crippen LogP contribution >= 0.6 is 0 Å². The van der Waals surface area contributed by atoms with E-state index < -0.39 is 39.3 Å². The van der Waals surface area contributed by atoms with Crippen molar-refractivity contribution < 1.29 is 36.2 Å². The minimum atomic E-state index is -4.58. The molecule has 2 heterocycles. The molecule has 0 unspecified atom stereocenters. The van der Waals surface area contributed by atoms with Gasteiger partial charge in [0.2, 0.25) is 15.7 Å². The van der Waals surface area contributed by atoms with Crippen molar-refractivity contribution in [3.05, 3.63) is 53.6 Å². The van der Waals surface area contributed by atoms with Gasteiger partial charge in [0.05, 0.1) is 21.4 Å². The van der Waals surface area contributed by atoms with E-state index in [9.17, 15) is 31.5 Å². The highest BCUT2D eigenvalue weighted by Gasteiger charge is 2.47. The number of alkyl halides is 3. The van der Waals surface area contributed by atoms with Crippen LogP contribution in [0.25, 0.3) is 0 Å². The molecule has 32 heavy (non-hydrogen) atoms. The van der Waals surface area contributed by atoms with Crippen molar-refractivity contribution in [2.24, 2.45) is 0 Å². The van der Waals surface area contributed by atoms with Gasteiger partial charge in [0, 0.05) is 18.5 Å². The van der Waals surface area contributed by atoms with Crippen molar-refractivity contribution in [2.75, 3.05) is 6.54 Å². The Bertz CT molecular complexity index is 1160. The second-order valence-corrected chi connectivity index (χ2v) is 10.5. The Morgan fingerprint density at radius 1 is 1.09 bits per heavy atom. The van der Waals surface area contributed by atoms with Crippen molar-refractivity contribution in [3.8, 4) is 5.75 Å². The number of aliphatic hydroxyl groups excluding tert-OH is 1. The number of ether oxygens (including phenoxy) is 1. The van der Waals surface area contributed by atoms with E-state index in [1.807, 2.05) is 0 Å². The number of fused-ring (bicyclic) bond motifs is 1. The first-order chi connectivity index (χ1) is 14.8. The maximum absolute atomic E-state index is 13.1. The molecular formula is C22H22F3NO5S. The number of sulfone groups is 1. The number of nitrogens with zero attached hydrogens (tertiary/aromatic N) is 1. The number of amides is 1. The second-order valence-electron chi connectivity index (χ2n) is 8.51. The van der Waals surface area contributed by atoms with Crippen LogP contribution in [-0.4, -0.2) is 42.6 Å². The fraction of sp³-hybridized carbons (Fsp3) is 0.409. The Morgan fingerprint density at radius 3 is 2.28 bits per heavy atom. The highest BCUT2D eigenvalue weighted by Crippen LogP contribution is 2.45. The van der Waals surface area contributed by atoms with Gasteiger partial charge < -0.3 is 14.7 Å². The standard InChI is InChI=1S/C22H22F3NO5S/c1-21(2)20(28)19(26-11-3-4-18(26)27)16-12-15(9-10-17(16)31-21)32(29,30)14-7-5-13(6-8-14)22(23,24)25/h5-10,12,19-20,28H,3-4,11H2,1-2H3/t19-,20+/m0/s1. The Labute approximate surface area is 183 Å². The molecule has 2 atom stereocenters. The van der Waals surface area contributed by atoms with E-state index in [0.29, 0.717) is 42.8 Å². The maximum atomic E-state index is 13.1. The first kappa shape index (κ1) is 22.6. The van der Waals surface area contributed by atoms with Crippen LogP contribution in [0, 0.1) is 0 Å². The Morgan fingerprint density at radius 2 is 1.72 bits per heavy atom. The fourth-order valence-electron chi connectivity index (χ4n) is 4.17. The quantitative estimate of drug-likeness (QED) is 0.741. The first-order valence-corrected chi connectivity index (χ1v) is 11.5. The summed E-state index contributed by atoms with van der Waals surface area (Å²) in [6, 6.07) is 6.54. The fourth-order valence-corrected chi connectivity index (χ4v) is 5.47. The van der Waals surface area contributed by atoms with Gasteiger partial charge in [0.25, 0.3) is 0 Å². The summed E-state index contributed by atoms with van der Waals surface area (Å²) in [5, 5.41) is 11.0. The third-order valence-corrected chi connectivity index (χ3v) is 7.70. The molecule has 0 saturated carbocycles. The molecule has 10 heteroatoms. The third-order valence-electron chi connectivity index (χ3n) is 5.93. The van der Waals surface area contributed by atoms with Crippen LogP contribution in [0.5, 0.6) is 5.75 Å². The lowest BCUT2D eigenvalue weighted by atomic mass is 9.85. The molecule has 2 aliphatic rings. The van der Waals surface area contributed by atoms with Crippen LogP contribution in [0.15, 0.2) is 52.3 Å². The molecule has 0 aromatic heterocycles. The predicted molar refractivity (Wildman–Crippen MR) is 108 cm³/mol. The van der Waals surface area contributed by atoms with E-state index in [1.54, 1.807) is 13.8 Å². The molecule has 6 nitrogen and oxygen atoms in total. The lowest BCUT2D eigenvalue weighted by Crippen LogP contribution is -2.53. The van der Waals surface area contributed by atoms with E-state index in [0.717, 1.165) is 12.1 Å². The predicted octanol–water partition coefficient (Wildman–Crippen LogP) is 3.73. The number of halogens is 3. The largest absolute Gasteiger partial charge is 0.485 e. The number of rotatable bonds is 3. The van der Waals surface area contributed by atoms with E-state index in [4.69, 9.17) is 4.74 Å². The molecule has 0 radical (unpaired) electrons. The van der Waals surface area contributed by atoms with Gasteiger partial charge in [0.1, 0.15) is 17.5 Å². The Hall–Kier alpha value is -2.59. The average molecular weight is 469 g/mol. The summed E-state index contributed by atoms with van der Waals surface area (Å²) < 4.78 is 70.6. The molecule has 4 rings (SSSR count). The monoisotopic (exact) mass is 469 g/mol. The van der Waals surface area contributed by atoms with Crippen molar-refractivity contribution in [3.63, 3.8) is 0 Å². The Kier molecular flexibility index (Phi) is 5.28. The lowest BCUT2D eigenvalue weighted by Gasteiger charge is -2.45. The maximum Gasteiger partial charge on any atom is 0.416 e. The van der Waals surface area contributed by atoms with Crippen molar-refractivity contribution in [1.29, 1.82) is 0 Å². The molecule has 1 amide bonds. The molecule has 0 aliphatic carbocycles. The smallest absolute Gasteiger partial charge is 0.416 e. The number of hydrogen-bond donors (Lipinski definition) is 1.